The Kier molecular flexibility index (Phi) is 7.23. The van der Waals surface area contributed by atoms with Crippen molar-refractivity contribution in [2.75, 3.05) is 13.1 Å². The molecule has 1 saturated heterocycles. The van der Waals surface area contributed by atoms with Crippen molar-refractivity contribution in [3.63, 3.8) is 0 Å². The maximum absolute atomic E-state index is 10.6. The van der Waals surface area contributed by atoms with Crippen LogP contribution in [0.15, 0.2) is 29.2 Å². The molecule has 2 aromatic rings. The fraction of sp³-hybridized carbons (Fsp3) is 0.429. The Morgan fingerprint density at radius 2 is 2.19 bits per heavy atom. The molecular formula is C14H15ClF3N5O2S. The highest BCUT2D eigenvalue weighted by Gasteiger charge is 2.38. The van der Waals surface area contributed by atoms with Gasteiger partial charge in [0.05, 0.1) is 6.54 Å². The number of hydrogen-bond acceptors (Lipinski definition) is 6. The predicted octanol–water partition coefficient (Wildman–Crippen LogP) is 2.85. The molecule has 1 aromatic heterocycles. The van der Waals surface area contributed by atoms with Gasteiger partial charge in [-0.1, -0.05) is 22.9 Å². The van der Waals surface area contributed by atoms with Crippen LogP contribution in [0.2, 0.25) is 5.02 Å². The van der Waals surface area contributed by atoms with Crippen molar-refractivity contribution in [2.45, 2.75) is 29.3 Å². The zero-order valence-corrected chi connectivity index (χ0v) is 14.9. The van der Waals surface area contributed by atoms with Gasteiger partial charge in [0.15, 0.2) is 5.82 Å². The molecule has 1 fully saturated rings. The number of aromatic amines is 1. The van der Waals surface area contributed by atoms with Crippen LogP contribution in [-0.2, 0) is 11.3 Å². The zero-order valence-electron chi connectivity index (χ0n) is 13.3. The maximum atomic E-state index is 10.6. The standard InChI is InChI=1S/C12H14ClN5S.C2HF3O2/c13-9-2-1-3-10(6-9)19-11-4-5-18(7-11)8-12-14-16-17-15-12;3-2(4,5)1(6)7/h1-3,6,11H,4-5,7-8H2,(H,14,15,16,17);(H,6,7). The zero-order chi connectivity index (χ0) is 19.2. The van der Waals surface area contributed by atoms with Crippen molar-refractivity contribution in [3.8, 4) is 0 Å². The molecule has 1 aliphatic rings. The summed E-state index contributed by atoms with van der Waals surface area (Å²) in [5, 5.41) is 22.6. The number of rotatable bonds is 4. The van der Waals surface area contributed by atoms with Gasteiger partial charge in [-0.25, -0.2) is 4.79 Å². The van der Waals surface area contributed by atoms with Crippen molar-refractivity contribution in [1.29, 1.82) is 0 Å². The number of alkyl halides is 3. The SMILES string of the molecule is Clc1cccc(SC2CCN(Cc3nn[nH]n3)C2)c1.O=C(O)C(F)(F)F. The number of tetrazole rings is 1. The van der Waals surface area contributed by atoms with Crippen molar-refractivity contribution in [3.05, 3.63) is 35.1 Å². The van der Waals surface area contributed by atoms with Crippen LogP contribution in [0.5, 0.6) is 0 Å². The molecule has 1 aromatic carbocycles. The van der Waals surface area contributed by atoms with Gasteiger partial charge in [0.25, 0.3) is 0 Å². The topological polar surface area (TPSA) is 95.0 Å². The highest BCUT2D eigenvalue weighted by atomic mass is 35.5. The van der Waals surface area contributed by atoms with Crippen LogP contribution in [0.1, 0.15) is 12.2 Å². The Morgan fingerprint density at radius 1 is 1.46 bits per heavy atom. The quantitative estimate of drug-likeness (QED) is 0.801. The molecule has 12 heteroatoms. The molecular weight excluding hydrogens is 395 g/mol. The monoisotopic (exact) mass is 409 g/mol. The lowest BCUT2D eigenvalue weighted by atomic mass is 10.4. The highest BCUT2D eigenvalue weighted by molar-refractivity contribution is 8.00. The van der Waals surface area contributed by atoms with Crippen LogP contribution < -0.4 is 0 Å². The van der Waals surface area contributed by atoms with Crippen LogP contribution in [0.4, 0.5) is 13.2 Å². The minimum absolute atomic E-state index is 0.602. The Bertz CT molecular complexity index is 717. The van der Waals surface area contributed by atoms with Crippen LogP contribution in [0, 0.1) is 0 Å². The van der Waals surface area contributed by atoms with Crippen LogP contribution >= 0.6 is 23.4 Å². The lowest BCUT2D eigenvalue weighted by Crippen LogP contribution is -2.21. The smallest absolute Gasteiger partial charge is 0.475 e. The minimum atomic E-state index is -5.08. The summed E-state index contributed by atoms with van der Waals surface area (Å²) >= 11 is 7.89. The molecule has 0 bridgehead atoms. The summed E-state index contributed by atoms with van der Waals surface area (Å²) in [6.07, 6.45) is -3.91. The molecule has 0 saturated carbocycles. The average molecular weight is 410 g/mol. The second kappa shape index (κ2) is 9.19. The number of nitrogens with one attached hydrogen (secondary N) is 1. The first-order chi connectivity index (χ1) is 12.2. The first-order valence-electron chi connectivity index (χ1n) is 7.41. The third kappa shape index (κ3) is 6.81. The number of carboxylic acid groups (broad SMARTS) is 1. The molecule has 0 amide bonds. The highest BCUT2D eigenvalue weighted by Crippen LogP contribution is 2.31. The van der Waals surface area contributed by atoms with E-state index in [1.165, 1.54) is 11.3 Å². The summed E-state index contributed by atoms with van der Waals surface area (Å²) in [6, 6.07) is 8.03. The van der Waals surface area contributed by atoms with E-state index < -0.39 is 12.1 Å². The number of nitrogens with zero attached hydrogens (tertiary/aromatic N) is 4. The lowest BCUT2D eigenvalue weighted by Gasteiger charge is -2.13. The summed E-state index contributed by atoms with van der Waals surface area (Å²) in [5.41, 5.74) is 0. The maximum Gasteiger partial charge on any atom is 0.490 e. The third-order valence-electron chi connectivity index (χ3n) is 3.32. The van der Waals surface area contributed by atoms with E-state index in [4.69, 9.17) is 21.5 Å². The number of halogens is 4. The molecule has 1 aliphatic heterocycles. The molecule has 0 spiro atoms. The number of H-pyrrole nitrogens is 1. The molecule has 7 nitrogen and oxygen atoms in total. The fourth-order valence-corrected chi connectivity index (χ4v) is 3.72. The number of carboxylic acids is 1. The summed E-state index contributed by atoms with van der Waals surface area (Å²) in [4.78, 5) is 12.5. The van der Waals surface area contributed by atoms with Gasteiger partial charge in [-0.05, 0) is 31.2 Å². The fourth-order valence-electron chi connectivity index (χ4n) is 2.22. The lowest BCUT2D eigenvalue weighted by molar-refractivity contribution is -0.192. The minimum Gasteiger partial charge on any atom is -0.475 e. The van der Waals surface area contributed by atoms with Gasteiger partial charge in [-0.2, -0.15) is 18.4 Å². The van der Waals surface area contributed by atoms with Crippen molar-refractivity contribution in [1.82, 2.24) is 25.5 Å². The summed E-state index contributed by atoms with van der Waals surface area (Å²) in [6.45, 7) is 2.89. The van der Waals surface area contributed by atoms with E-state index in [-0.39, 0.29) is 0 Å². The number of likely N-dealkylation sites (tertiary alicyclic amines) is 1. The number of aliphatic carboxylic acids is 1. The predicted molar refractivity (Wildman–Crippen MR) is 88.9 cm³/mol. The van der Waals surface area contributed by atoms with E-state index in [9.17, 15) is 13.2 Å². The van der Waals surface area contributed by atoms with Gasteiger partial charge >= 0.3 is 12.1 Å². The Labute approximate surface area is 155 Å². The number of aromatic nitrogens is 4. The third-order valence-corrected chi connectivity index (χ3v) is 4.80. The molecule has 0 radical (unpaired) electrons. The van der Waals surface area contributed by atoms with Gasteiger partial charge in [0.1, 0.15) is 0 Å². The molecule has 3 rings (SSSR count). The van der Waals surface area contributed by atoms with Crippen LogP contribution in [-0.4, -0.2) is 61.1 Å². The number of carbonyl (C=O) groups is 1. The molecule has 142 valence electrons. The molecule has 1 atom stereocenters. The first-order valence-corrected chi connectivity index (χ1v) is 8.67. The molecule has 2 N–H and O–H groups in total. The van der Waals surface area contributed by atoms with Gasteiger partial charge in [-0.15, -0.1) is 22.0 Å². The van der Waals surface area contributed by atoms with Crippen LogP contribution in [0.3, 0.4) is 0 Å². The largest absolute Gasteiger partial charge is 0.490 e. The molecule has 0 aliphatic carbocycles. The summed E-state index contributed by atoms with van der Waals surface area (Å²) in [5.74, 6) is -2.00. The second-order valence-corrected chi connectivity index (χ2v) is 7.16. The van der Waals surface area contributed by atoms with Gasteiger partial charge in [0, 0.05) is 21.7 Å². The first kappa shape index (κ1) is 20.5. The molecule has 26 heavy (non-hydrogen) atoms. The van der Waals surface area contributed by atoms with E-state index >= 15 is 0 Å². The van der Waals surface area contributed by atoms with Crippen molar-refractivity contribution < 1.29 is 23.1 Å². The average Bonchev–Trinajstić information content (AvgIpc) is 3.20. The van der Waals surface area contributed by atoms with E-state index in [0.29, 0.717) is 5.25 Å². The van der Waals surface area contributed by atoms with Gasteiger partial charge in [0.2, 0.25) is 0 Å². The van der Waals surface area contributed by atoms with Crippen molar-refractivity contribution in [2.24, 2.45) is 0 Å². The van der Waals surface area contributed by atoms with Gasteiger partial charge < -0.3 is 5.11 Å². The number of benzene rings is 1. The Morgan fingerprint density at radius 3 is 2.77 bits per heavy atom. The van der Waals surface area contributed by atoms with E-state index in [1.54, 1.807) is 0 Å². The number of thioether (sulfide) groups is 1. The summed E-state index contributed by atoms with van der Waals surface area (Å²) in [7, 11) is 0. The molecule has 1 unspecified atom stereocenters. The Balaban J connectivity index is 0.000000298. The van der Waals surface area contributed by atoms with E-state index in [1.807, 2.05) is 30.0 Å². The van der Waals surface area contributed by atoms with Gasteiger partial charge in [-0.3, -0.25) is 4.90 Å². The second-order valence-electron chi connectivity index (χ2n) is 5.35. The Hall–Kier alpha value is -1.85. The molecule has 2 heterocycles. The van der Waals surface area contributed by atoms with E-state index in [0.717, 1.165) is 30.5 Å². The van der Waals surface area contributed by atoms with Crippen molar-refractivity contribution >= 4 is 29.3 Å². The number of hydrogen-bond donors (Lipinski definition) is 2. The normalized spacial score (nSPS) is 17.6. The van der Waals surface area contributed by atoms with E-state index in [2.05, 4.69) is 31.6 Å². The van der Waals surface area contributed by atoms with Crippen LogP contribution in [0.25, 0.3) is 0 Å². The summed E-state index contributed by atoms with van der Waals surface area (Å²) < 4.78 is 31.7.